The van der Waals surface area contributed by atoms with Crippen LogP contribution < -0.4 is 15.4 Å². The van der Waals surface area contributed by atoms with Crippen molar-refractivity contribution in [3.8, 4) is 5.75 Å². The highest BCUT2D eigenvalue weighted by Gasteiger charge is 2.31. The maximum absolute atomic E-state index is 12.7. The van der Waals surface area contributed by atoms with Crippen molar-refractivity contribution in [3.63, 3.8) is 0 Å². The highest BCUT2D eigenvalue weighted by molar-refractivity contribution is 7.89. The van der Waals surface area contributed by atoms with Gasteiger partial charge in [-0.2, -0.15) is 4.31 Å². The predicted octanol–water partition coefficient (Wildman–Crippen LogP) is 0.432. The van der Waals surface area contributed by atoms with Crippen LogP contribution >= 0.6 is 0 Å². The number of hydrogen-bond donors (Lipinski definition) is 2. The topological polar surface area (TPSA) is 87.7 Å². The van der Waals surface area contributed by atoms with Crippen molar-refractivity contribution in [2.24, 2.45) is 5.92 Å². The lowest BCUT2D eigenvalue weighted by Crippen LogP contribution is -2.43. The van der Waals surface area contributed by atoms with E-state index < -0.39 is 10.0 Å². The Morgan fingerprint density at radius 2 is 1.83 bits per heavy atom. The normalized spacial score (nSPS) is 16.8. The summed E-state index contributed by atoms with van der Waals surface area (Å²) in [6, 6.07) is 6.36. The summed E-state index contributed by atoms with van der Waals surface area (Å²) in [5, 5.41) is 5.84. The fourth-order valence-corrected chi connectivity index (χ4v) is 4.18. The number of carbonyl (C=O) groups excluding carboxylic acids is 1. The molecule has 7 nitrogen and oxygen atoms in total. The van der Waals surface area contributed by atoms with E-state index in [-0.39, 0.29) is 16.7 Å². The van der Waals surface area contributed by atoms with E-state index in [2.05, 4.69) is 10.6 Å². The van der Waals surface area contributed by atoms with Gasteiger partial charge in [-0.1, -0.05) is 0 Å². The van der Waals surface area contributed by atoms with Crippen molar-refractivity contribution in [3.05, 3.63) is 24.3 Å². The maximum atomic E-state index is 12.7. The van der Waals surface area contributed by atoms with Crippen molar-refractivity contribution in [1.29, 1.82) is 0 Å². The lowest BCUT2D eigenvalue weighted by Gasteiger charge is -2.30. The summed E-state index contributed by atoms with van der Waals surface area (Å²) in [6.07, 6.45) is 1.08. The highest BCUT2D eigenvalue weighted by atomic mass is 32.2. The Hall–Kier alpha value is -1.64. The van der Waals surface area contributed by atoms with Gasteiger partial charge in [-0.3, -0.25) is 4.79 Å². The van der Waals surface area contributed by atoms with Gasteiger partial charge in [-0.25, -0.2) is 8.42 Å². The first-order valence-electron chi connectivity index (χ1n) is 8.05. The monoisotopic (exact) mass is 355 g/mol. The van der Waals surface area contributed by atoms with Crippen molar-refractivity contribution in [2.75, 3.05) is 40.3 Å². The van der Waals surface area contributed by atoms with Crippen molar-refractivity contribution in [1.82, 2.24) is 14.9 Å². The second kappa shape index (κ2) is 8.46. The van der Waals surface area contributed by atoms with Gasteiger partial charge in [0, 0.05) is 32.1 Å². The number of nitrogens with zero attached hydrogens (tertiary/aromatic N) is 1. The third kappa shape index (κ3) is 4.46. The number of nitrogens with one attached hydrogen (secondary N) is 2. The Labute approximate surface area is 143 Å². The summed E-state index contributed by atoms with van der Waals surface area (Å²) < 4.78 is 31.8. The van der Waals surface area contributed by atoms with Crippen LogP contribution in [-0.2, 0) is 14.8 Å². The molecule has 0 aliphatic carbocycles. The number of methoxy groups -OCH3 is 1. The second-order valence-electron chi connectivity index (χ2n) is 5.75. The summed E-state index contributed by atoms with van der Waals surface area (Å²) in [7, 11) is -0.155. The molecule has 24 heavy (non-hydrogen) atoms. The van der Waals surface area contributed by atoms with Gasteiger partial charge in [0.25, 0.3) is 0 Å². The predicted molar refractivity (Wildman–Crippen MR) is 91.4 cm³/mol. The number of piperidine rings is 1. The van der Waals surface area contributed by atoms with Gasteiger partial charge in [-0.15, -0.1) is 0 Å². The van der Waals surface area contributed by atoms with Gasteiger partial charge in [0.05, 0.1) is 12.0 Å². The van der Waals surface area contributed by atoms with Crippen LogP contribution in [0.4, 0.5) is 0 Å². The summed E-state index contributed by atoms with van der Waals surface area (Å²) in [5.41, 5.74) is 0. The lowest BCUT2D eigenvalue weighted by atomic mass is 9.97. The second-order valence-corrected chi connectivity index (χ2v) is 7.69. The smallest absolute Gasteiger partial charge is 0.243 e. The van der Waals surface area contributed by atoms with Crippen molar-refractivity contribution in [2.45, 2.75) is 17.7 Å². The highest BCUT2D eigenvalue weighted by Crippen LogP contribution is 2.25. The van der Waals surface area contributed by atoms with Gasteiger partial charge < -0.3 is 15.4 Å². The van der Waals surface area contributed by atoms with Gasteiger partial charge in [-0.05, 0) is 44.2 Å². The molecule has 2 rings (SSSR count). The van der Waals surface area contributed by atoms with Gasteiger partial charge in [0.15, 0.2) is 0 Å². The third-order valence-electron chi connectivity index (χ3n) is 4.20. The first-order valence-corrected chi connectivity index (χ1v) is 9.49. The molecular formula is C16H25N3O4S. The molecule has 1 fully saturated rings. The number of carbonyl (C=O) groups is 1. The van der Waals surface area contributed by atoms with Crippen LogP contribution in [0.15, 0.2) is 29.2 Å². The molecule has 0 atom stereocenters. The van der Waals surface area contributed by atoms with Gasteiger partial charge in [0.2, 0.25) is 15.9 Å². The minimum absolute atomic E-state index is 0.00625. The van der Waals surface area contributed by atoms with E-state index in [0.29, 0.717) is 38.2 Å². The molecule has 0 spiro atoms. The summed E-state index contributed by atoms with van der Waals surface area (Å²) in [5.74, 6) is 0.502. The number of sulfonamides is 1. The number of hydrogen-bond acceptors (Lipinski definition) is 5. The average molecular weight is 355 g/mol. The summed E-state index contributed by atoms with van der Waals surface area (Å²) >= 11 is 0. The number of amides is 1. The molecule has 1 amide bonds. The fraction of sp³-hybridized carbons (Fsp3) is 0.562. The number of ether oxygens (including phenoxy) is 1. The van der Waals surface area contributed by atoms with E-state index in [1.54, 1.807) is 24.3 Å². The molecule has 0 aromatic heterocycles. The van der Waals surface area contributed by atoms with Crippen LogP contribution in [-0.4, -0.2) is 59.0 Å². The molecule has 2 N–H and O–H groups in total. The van der Waals surface area contributed by atoms with Crippen LogP contribution in [0.2, 0.25) is 0 Å². The Kier molecular flexibility index (Phi) is 6.59. The average Bonchev–Trinajstić information content (AvgIpc) is 2.62. The molecule has 1 heterocycles. The lowest BCUT2D eigenvalue weighted by molar-refractivity contribution is -0.126. The Balaban J connectivity index is 1.94. The van der Waals surface area contributed by atoms with Crippen LogP contribution in [0.1, 0.15) is 12.8 Å². The molecule has 1 aromatic carbocycles. The van der Waals surface area contributed by atoms with Gasteiger partial charge in [0.1, 0.15) is 5.75 Å². The molecule has 1 saturated heterocycles. The van der Waals surface area contributed by atoms with E-state index in [4.69, 9.17) is 4.74 Å². The Morgan fingerprint density at radius 1 is 1.21 bits per heavy atom. The van der Waals surface area contributed by atoms with Crippen LogP contribution in [0.5, 0.6) is 5.75 Å². The minimum atomic E-state index is -3.52. The zero-order valence-corrected chi connectivity index (χ0v) is 14.9. The van der Waals surface area contributed by atoms with Crippen LogP contribution in [0.3, 0.4) is 0 Å². The van der Waals surface area contributed by atoms with E-state index in [1.165, 1.54) is 11.4 Å². The van der Waals surface area contributed by atoms with Crippen molar-refractivity contribution >= 4 is 15.9 Å². The van der Waals surface area contributed by atoms with E-state index in [0.717, 1.165) is 6.54 Å². The molecule has 0 radical (unpaired) electrons. The first-order chi connectivity index (χ1) is 11.5. The fourth-order valence-electron chi connectivity index (χ4n) is 2.71. The quantitative estimate of drug-likeness (QED) is 0.693. The van der Waals surface area contributed by atoms with Crippen LogP contribution in [0.25, 0.3) is 0 Å². The van der Waals surface area contributed by atoms with Crippen LogP contribution in [0, 0.1) is 5.92 Å². The molecule has 1 aliphatic heterocycles. The number of benzene rings is 1. The van der Waals surface area contributed by atoms with E-state index >= 15 is 0 Å². The Bertz CT molecular complexity index is 638. The zero-order chi connectivity index (χ0) is 17.6. The largest absolute Gasteiger partial charge is 0.497 e. The van der Waals surface area contributed by atoms with E-state index in [9.17, 15) is 13.2 Å². The summed E-state index contributed by atoms with van der Waals surface area (Å²) in [4.78, 5) is 12.3. The van der Waals surface area contributed by atoms with E-state index in [1.807, 2.05) is 7.05 Å². The van der Waals surface area contributed by atoms with Crippen molar-refractivity contribution < 1.29 is 17.9 Å². The molecule has 0 saturated carbocycles. The molecule has 8 heteroatoms. The molecule has 0 bridgehead atoms. The molecule has 134 valence electrons. The molecular weight excluding hydrogens is 330 g/mol. The molecule has 1 aliphatic rings. The number of likely N-dealkylation sites (N-methyl/N-ethyl adjacent to an activating group) is 1. The maximum Gasteiger partial charge on any atom is 0.243 e. The zero-order valence-electron chi connectivity index (χ0n) is 14.1. The standard InChI is InChI=1S/C16H25N3O4S/c1-17-9-10-18-16(20)13-7-11-19(12-8-13)24(21,22)15-5-3-14(23-2)4-6-15/h3-6,13,17H,7-12H2,1-2H3,(H,18,20). The van der Waals surface area contributed by atoms with Gasteiger partial charge >= 0.3 is 0 Å². The Morgan fingerprint density at radius 3 is 2.38 bits per heavy atom. The molecule has 0 unspecified atom stereocenters. The first kappa shape index (κ1) is 18.7. The third-order valence-corrected chi connectivity index (χ3v) is 6.11. The molecule has 1 aromatic rings. The SMILES string of the molecule is CNCCNC(=O)C1CCN(S(=O)(=O)c2ccc(OC)cc2)CC1. The minimum Gasteiger partial charge on any atom is -0.497 e. The number of rotatable bonds is 7. The summed E-state index contributed by atoms with van der Waals surface area (Å²) in [6.45, 7) is 2.02.